The van der Waals surface area contributed by atoms with Crippen molar-refractivity contribution in [2.24, 2.45) is 52.3 Å². The first-order valence-electron chi connectivity index (χ1n) is 10.9. The molecule has 0 heterocycles. The highest BCUT2D eigenvalue weighted by atomic mass is 16.3. The molecule has 9 atom stereocenters. The third-order valence-electron chi connectivity index (χ3n) is 9.90. The van der Waals surface area contributed by atoms with Gasteiger partial charge in [0, 0.05) is 19.4 Å². The molecule has 0 amide bonds. The molecule has 0 radical (unpaired) electrons. The largest absolute Gasteiger partial charge is 0.396 e. The van der Waals surface area contributed by atoms with Crippen LogP contribution < -0.4 is 0 Å². The third kappa shape index (κ3) is 2.49. The minimum absolute atomic E-state index is 0.347. The summed E-state index contributed by atoms with van der Waals surface area (Å²) in [5, 5.41) is 9.76. The van der Waals surface area contributed by atoms with Crippen LogP contribution in [0.2, 0.25) is 0 Å². The zero-order valence-corrected chi connectivity index (χ0v) is 16.8. The van der Waals surface area contributed by atoms with Crippen LogP contribution in [0.25, 0.3) is 0 Å². The lowest BCUT2D eigenvalue weighted by atomic mass is 9.42. The molecular weight excluding hydrogens is 308 g/mol. The molecule has 0 aromatic carbocycles. The van der Waals surface area contributed by atoms with Crippen LogP contribution in [-0.4, -0.2) is 17.5 Å². The number of hydrogen-bond donors (Lipinski definition) is 1. The summed E-state index contributed by atoms with van der Waals surface area (Å²) in [4.78, 5) is 12.1. The van der Waals surface area contributed by atoms with Gasteiger partial charge >= 0.3 is 0 Å². The fourth-order valence-corrected chi connectivity index (χ4v) is 8.62. The lowest BCUT2D eigenvalue weighted by molar-refractivity contribution is -0.150. The van der Waals surface area contributed by atoms with E-state index in [4.69, 9.17) is 0 Å². The molecule has 142 valence electrons. The van der Waals surface area contributed by atoms with E-state index in [1.807, 2.05) is 0 Å². The second kappa shape index (κ2) is 6.08. The van der Waals surface area contributed by atoms with E-state index < -0.39 is 0 Å². The first-order valence-corrected chi connectivity index (χ1v) is 10.9. The highest BCUT2D eigenvalue weighted by Gasteiger charge is 2.61. The summed E-state index contributed by atoms with van der Waals surface area (Å²) in [7, 11) is 0. The molecule has 4 aliphatic carbocycles. The molecule has 3 unspecified atom stereocenters. The minimum Gasteiger partial charge on any atom is -0.396 e. The van der Waals surface area contributed by atoms with E-state index in [-0.39, 0.29) is 0 Å². The van der Waals surface area contributed by atoms with Crippen molar-refractivity contribution in [2.75, 3.05) is 6.61 Å². The van der Waals surface area contributed by atoms with E-state index in [0.717, 1.165) is 37.0 Å². The average Bonchev–Trinajstić information content (AvgIpc) is 2.93. The molecule has 4 rings (SSSR count). The van der Waals surface area contributed by atoms with Gasteiger partial charge in [-0.1, -0.05) is 27.7 Å². The van der Waals surface area contributed by atoms with Gasteiger partial charge < -0.3 is 5.11 Å². The Labute approximate surface area is 154 Å². The highest BCUT2D eigenvalue weighted by molar-refractivity contribution is 5.79. The first-order chi connectivity index (χ1) is 11.8. The maximum Gasteiger partial charge on any atom is 0.133 e. The zero-order valence-electron chi connectivity index (χ0n) is 16.8. The summed E-state index contributed by atoms with van der Waals surface area (Å²) >= 11 is 0. The van der Waals surface area contributed by atoms with E-state index in [1.54, 1.807) is 0 Å². The molecule has 0 spiro atoms. The van der Waals surface area contributed by atoms with Gasteiger partial charge in [-0.2, -0.15) is 0 Å². The predicted molar refractivity (Wildman–Crippen MR) is 101 cm³/mol. The molecule has 0 aliphatic heterocycles. The number of carbonyl (C=O) groups excluding carboxylic acids is 1. The van der Waals surface area contributed by atoms with Gasteiger partial charge in [-0.25, -0.2) is 0 Å². The normalized spacial score (nSPS) is 53.7. The summed E-state index contributed by atoms with van der Waals surface area (Å²) in [5.41, 5.74) is 0.842. The smallest absolute Gasteiger partial charge is 0.133 e. The van der Waals surface area contributed by atoms with E-state index in [1.165, 1.54) is 32.1 Å². The van der Waals surface area contributed by atoms with Crippen molar-refractivity contribution in [3.8, 4) is 0 Å². The van der Waals surface area contributed by atoms with Gasteiger partial charge in [0.1, 0.15) is 5.78 Å². The zero-order chi connectivity index (χ0) is 18.0. The van der Waals surface area contributed by atoms with Gasteiger partial charge in [0.15, 0.2) is 0 Å². The van der Waals surface area contributed by atoms with Crippen LogP contribution >= 0.6 is 0 Å². The van der Waals surface area contributed by atoms with Crippen LogP contribution in [0.3, 0.4) is 0 Å². The minimum atomic E-state index is 0.347. The lowest BCUT2D eigenvalue weighted by Gasteiger charge is -2.62. The molecular formula is C23H38O2. The third-order valence-corrected chi connectivity index (χ3v) is 9.90. The molecule has 0 aromatic rings. The average molecular weight is 347 g/mol. The summed E-state index contributed by atoms with van der Waals surface area (Å²) in [6, 6.07) is 0. The van der Waals surface area contributed by atoms with Crippen LogP contribution in [0.5, 0.6) is 0 Å². The monoisotopic (exact) mass is 346 g/mol. The quantitative estimate of drug-likeness (QED) is 0.756. The van der Waals surface area contributed by atoms with E-state index >= 15 is 0 Å². The number of fused-ring (bicyclic) bond motifs is 5. The van der Waals surface area contributed by atoms with Crippen molar-refractivity contribution in [3.05, 3.63) is 0 Å². The summed E-state index contributed by atoms with van der Waals surface area (Å²) in [5.74, 6) is 5.55. The number of aliphatic hydroxyl groups is 1. The Balaban J connectivity index is 1.63. The van der Waals surface area contributed by atoms with Crippen molar-refractivity contribution in [3.63, 3.8) is 0 Å². The number of rotatable bonds is 2. The summed E-state index contributed by atoms with van der Waals surface area (Å²) < 4.78 is 0. The molecule has 25 heavy (non-hydrogen) atoms. The summed E-state index contributed by atoms with van der Waals surface area (Å²) in [6.45, 7) is 10.1. The van der Waals surface area contributed by atoms with Crippen molar-refractivity contribution in [1.82, 2.24) is 0 Å². The van der Waals surface area contributed by atoms with E-state index in [0.29, 0.717) is 46.9 Å². The van der Waals surface area contributed by atoms with Crippen LogP contribution in [0.4, 0.5) is 0 Å². The van der Waals surface area contributed by atoms with Crippen LogP contribution in [0.1, 0.15) is 79.1 Å². The molecule has 4 fully saturated rings. The number of carbonyl (C=O) groups is 1. The van der Waals surface area contributed by atoms with E-state index in [9.17, 15) is 9.90 Å². The number of aliphatic hydroxyl groups excluding tert-OH is 1. The summed E-state index contributed by atoms with van der Waals surface area (Å²) in [6.07, 6.45) is 9.57. The van der Waals surface area contributed by atoms with E-state index in [2.05, 4.69) is 27.7 Å². The maximum absolute atomic E-state index is 12.1. The lowest BCUT2D eigenvalue weighted by Crippen LogP contribution is -2.56. The SMILES string of the molecule is C[C@H](CO)[C@H]1CCC2C3C[C@H](C)[C@@H]4CC(=O)CC[C@]4(C)C3CC[C@@]21C. The first kappa shape index (κ1) is 18.0. The maximum atomic E-state index is 12.1. The molecule has 4 aliphatic rings. The molecule has 2 nitrogen and oxygen atoms in total. The second-order valence-electron chi connectivity index (χ2n) is 10.8. The Hall–Kier alpha value is -0.370. The van der Waals surface area contributed by atoms with Crippen LogP contribution in [-0.2, 0) is 4.79 Å². The molecule has 0 bridgehead atoms. The predicted octanol–water partition coefficient (Wildman–Crippen LogP) is 5.09. The molecule has 2 heteroatoms. The molecule has 4 saturated carbocycles. The Morgan fingerprint density at radius 2 is 1.80 bits per heavy atom. The fourth-order valence-electron chi connectivity index (χ4n) is 8.62. The topological polar surface area (TPSA) is 37.3 Å². The Bertz CT molecular complexity index is 542. The Kier molecular flexibility index (Phi) is 4.38. The van der Waals surface area contributed by atoms with Gasteiger partial charge in [0.05, 0.1) is 0 Å². The second-order valence-corrected chi connectivity index (χ2v) is 10.8. The van der Waals surface area contributed by atoms with Crippen molar-refractivity contribution < 1.29 is 9.90 Å². The standard InChI is InChI=1S/C23H38O2/c1-14-11-17-19-6-5-18(15(2)13-24)22(19,3)10-8-20(17)23(4)9-7-16(25)12-21(14)23/h14-15,17-21,24H,5-13H2,1-4H3/t14-,15+,17?,18+,19?,20?,21-,22+,23+/m0/s1. The number of ketones is 1. The van der Waals surface area contributed by atoms with Gasteiger partial charge in [-0.05, 0) is 90.8 Å². The van der Waals surface area contributed by atoms with Crippen molar-refractivity contribution >= 4 is 5.78 Å². The van der Waals surface area contributed by atoms with Crippen LogP contribution in [0.15, 0.2) is 0 Å². The highest BCUT2D eigenvalue weighted by Crippen LogP contribution is 2.68. The van der Waals surface area contributed by atoms with Gasteiger partial charge in [-0.3, -0.25) is 4.79 Å². The van der Waals surface area contributed by atoms with Crippen molar-refractivity contribution in [1.29, 1.82) is 0 Å². The molecule has 0 saturated heterocycles. The molecule has 1 N–H and O–H groups in total. The Morgan fingerprint density at radius 3 is 2.52 bits per heavy atom. The Morgan fingerprint density at radius 1 is 1.08 bits per heavy atom. The number of Topliss-reactive ketones (excluding diaryl/α,β-unsaturated/α-hetero) is 1. The van der Waals surface area contributed by atoms with Gasteiger partial charge in [0.25, 0.3) is 0 Å². The molecule has 0 aromatic heterocycles. The van der Waals surface area contributed by atoms with Crippen LogP contribution in [0, 0.1) is 52.3 Å². The van der Waals surface area contributed by atoms with Gasteiger partial charge in [-0.15, -0.1) is 0 Å². The fraction of sp³-hybridized carbons (Fsp3) is 0.957. The van der Waals surface area contributed by atoms with Gasteiger partial charge in [0.2, 0.25) is 0 Å². The number of hydrogen-bond acceptors (Lipinski definition) is 2. The van der Waals surface area contributed by atoms with Crippen molar-refractivity contribution in [2.45, 2.75) is 79.1 Å².